The Morgan fingerprint density at radius 1 is 1.03 bits per heavy atom. The number of carbonyl (C=O) groups is 1. The Labute approximate surface area is 190 Å². The zero-order valence-corrected chi connectivity index (χ0v) is 18.3. The smallest absolute Gasteiger partial charge is 0.269 e. The lowest BCUT2D eigenvalue weighted by Crippen LogP contribution is -2.39. The third-order valence-electron chi connectivity index (χ3n) is 4.61. The minimum absolute atomic E-state index is 0.0211. The Morgan fingerprint density at radius 2 is 1.64 bits per heavy atom. The van der Waals surface area contributed by atoms with Crippen LogP contribution in [0.1, 0.15) is 12.5 Å². The Kier molecular flexibility index (Phi) is 7.04. The van der Waals surface area contributed by atoms with Crippen molar-refractivity contribution in [3.8, 4) is 5.75 Å². The first kappa shape index (κ1) is 23.4. The molecule has 0 atom stereocenters. The van der Waals surface area contributed by atoms with E-state index in [4.69, 9.17) is 0 Å². The second-order valence-corrected chi connectivity index (χ2v) is 8.71. The van der Waals surface area contributed by atoms with Crippen molar-refractivity contribution in [3.63, 3.8) is 0 Å². The van der Waals surface area contributed by atoms with Gasteiger partial charge in [-0.1, -0.05) is 30.3 Å². The minimum atomic E-state index is -4.17. The molecule has 2 N–H and O–H groups in total. The van der Waals surface area contributed by atoms with Crippen LogP contribution in [0.5, 0.6) is 5.75 Å². The number of rotatable bonds is 8. The van der Waals surface area contributed by atoms with E-state index in [0.717, 1.165) is 16.4 Å². The summed E-state index contributed by atoms with van der Waals surface area (Å²) in [6.07, 6.45) is 0. The summed E-state index contributed by atoms with van der Waals surface area (Å²) in [6, 6.07) is 18.7. The molecule has 0 aliphatic rings. The maximum atomic E-state index is 13.2. The molecule has 0 fully saturated rings. The SMILES string of the molecule is C/C(=N/NC(=O)CN(c1ccc([N+](=O)[O-])cc1)S(=O)(=O)c1ccccc1)c1ccccc1O. The molecule has 3 rings (SSSR count). The topological polar surface area (TPSA) is 142 Å². The number of hydrogen-bond donors (Lipinski definition) is 2. The summed E-state index contributed by atoms with van der Waals surface area (Å²) >= 11 is 0. The average Bonchev–Trinajstić information content (AvgIpc) is 2.82. The number of benzene rings is 3. The highest BCUT2D eigenvalue weighted by Crippen LogP contribution is 2.25. The zero-order chi connectivity index (χ0) is 24.0. The summed E-state index contributed by atoms with van der Waals surface area (Å²) in [6.45, 7) is 0.941. The molecule has 3 aromatic carbocycles. The van der Waals surface area contributed by atoms with Gasteiger partial charge in [-0.15, -0.1) is 0 Å². The van der Waals surface area contributed by atoms with E-state index in [2.05, 4.69) is 10.5 Å². The van der Waals surface area contributed by atoms with Gasteiger partial charge in [-0.05, 0) is 43.3 Å². The van der Waals surface area contributed by atoms with Crippen molar-refractivity contribution in [1.29, 1.82) is 0 Å². The number of hydrogen-bond acceptors (Lipinski definition) is 7. The Morgan fingerprint density at radius 3 is 2.24 bits per heavy atom. The molecule has 0 saturated carbocycles. The van der Waals surface area contributed by atoms with Gasteiger partial charge in [0.1, 0.15) is 12.3 Å². The standard InChI is InChI=1S/C22H20N4O6S/c1-16(20-9-5-6-10-21(20)27)23-24-22(28)15-25(17-11-13-18(14-12-17)26(29)30)33(31,32)19-7-3-2-4-8-19/h2-14,27H,15H2,1H3,(H,24,28)/b23-16-. The molecule has 0 aromatic heterocycles. The summed E-state index contributed by atoms with van der Waals surface area (Å²) in [7, 11) is -4.17. The van der Waals surface area contributed by atoms with Crippen LogP contribution < -0.4 is 9.73 Å². The van der Waals surface area contributed by atoms with E-state index < -0.39 is 27.4 Å². The first-order chi connectivity index (χ1) is 15.7. The molecule has 11 heteroatoms. The fraction of sp³-hybridized carbons (Fsp3) is 0.0909. The van der Waals surface area contributed by atoms with Crippen LogP contribution >= 0.6 is 0 Å². The van der Waals surface area contributed by atoms with Gasteiger partial charge in [-0.25, -0.2) is 13.8 Å². The lowest BCUT2D eigenvalue weighted by atomic mass is 10.1. The summed E-state index contributed by atoms with van der Waals surface area (Å²) in [5, 5.41) is 24.8. The van der Waals surface area contributed by atoms with Crippen LogP contribution in [0.3, 0.4) is 0 Å². The number of phenols is 1. The van der Waals surface area contributed by atoms with Gasteiger partial charge in [-0.3, -0.25) is 19.2 Å². The molecule has 0 spiro atoms. The molecular weight excluding hydrogens is 448 g/mol. The number of phenolic OH excluding ortho intramolecular Hbond substituents is 1. The molecule has 0 radical (unpaired) electrons. The predicted octanol–water partition coefficient (Wildman–Crippen LogP) is 3.04. The number of nitrogens with zero attached hydrogens (tertiary/aromatic N) is 3. The lowest BCUT2D eigenvalue weighted by molar-refractivity contribution is -0.384. The fourth-order valence-electron chi connectivity index (χ4n) is 2.93. The average molecular weight is 468 g/mol. The van der Waals surface area contributed by atoms with Crippen LogP contribution in [0.2, 0.25) is 0 Å². The normalized spacial score (nSPS) is 11.6. The highest BCUT2D eigenvalue weighted by molar-refractivity contribution is 7.92. The van der Waals surface area contributed by atoms with Gasteiger partial charge in [0.05, 0.1) is 21.2 Å². The summed E-state index contributed by atoms with van der Waals surface area (Å²) in [4.78, 5) is 22.9. The molecule has 0 saturated heterocycles. The van der Waals surface area contributed by atoms with Gasteiger partial charge in [0.15, 0.2) is 0 Å². The number of non-ortho nitro benzene ring substituents is 1. The maximum absolute atomic E-state index is 13.2. The van der Waals surface area contributed by atoms with Crippen molar-refractivity contribution in [1.82, 2.24) is 5.43 Å². The van der Waals surface area contributed by atoms with Crippen molar-refractivity contribution in [3.05, 3.63) is 94.5 Å². The van der Waals surface area contributed by atoms with Gasteiger partial charge in [0.2, 0.25) is 0 Å². The first-order valence-corrected chi connectivity index (χ1v) is 11.1. The number of nitrogens with one attached hydrogen (secondary N) is 1. The molecule has 33 heavy (non-hydrogen) atoms. The number of para-hydroxylation sites is 1. The number of aromatic hydroxyl groups is 1. The molecule has 0 unspecified atom stereocenters. The molecule has 0 aliphatic carbocycles. The molecule has 0 bridgehead atoms. The quantitative estimate of drug-likeness (QED) is 0.296. The van der Waals surface area contributed by atoms with Gasteiger partial charge in [-0.2, -0.15) is 5.10 Å². The summed E-state index contributed by atoms with van der Waals surface area (Å²) < 4.78 is 27.3. The number of sulfonamides is 1. The number of carbonyl (C=O) groups excluding carboxylic acids is 1. The monoisotopic (exact) mass is 468 g/mol. The number of amides is 1. The Hall–Kier alpha value is -4.25. The second-order valence-electron chi connectivity index (χ2n) is 6.85. The van der Waals surface area contributed by atoms with E-state index in [0.29, 0.717) is 11.3 Å². The van der Waals surface area contributed by atoms with Crippen LogP contribution in [0.25, 0.3) is 0 Å². The Balaban J connectivity index is 1.89. The van der Waals surface area contributed by atoms with Crippen molar-refractivity contribution < 1.29 is 23.2 Å². The van der Waals surface area contributed by atoms with Crippen LogP contribution in [0.4, 0.5) is 11.4 Å². The van der Waals surface area contributed by atoms with Gasteiger partial charge in [0.25, 0.3) is 21.6 Å². The number of nitro benzene ring substituents is 1. The number of nitro groups is 1. The van der Waals surface area contributed by atoms with E-state index in [1.807, 2.05) is 0 Å². The largest absolute Gasteiger partial charge is 0.507 e. The van der Waals surface area contributed by atoms with Crippen LogP contribution in [0.15, 0.2) is 88.9 Å². The van der Waals surface area contributed by atoms with E-state index in [-0.39, 0.29) is 22.0 Å². The second kappa shape index (κ2) is 9.92. The predicted molar refractivity (Wildman–Crippen MR) is 123 cm³/mol. The van der Waals surface area contributed by atoms with E-state index >= 15 is 0 Å². The molecule has 3 aromatic rings. The van der Waals surface area contributed by atoms with Gasteiger partial charge in [0, 0.05) is 17.7 Å². The summed E-state index contributed by atoms with van der Waals surface area (Å²) in [5.74, 6) is -0.769. The van der Waals surface area contributed by atoms with Crippen molar-refractivity contribution in [2.24, 2.45) is 5.10 Å². The van der Waals surface area contributed by atoms with Crippen molar-refractivity contribution in [2.75, 3.05) is 10.8 Å². The first-order valence-electron chi connectivity index (χ1n) is 9.64. The Bertz CT molecular complexity index is 1290. The lowest BCUT2D eigenvalue weighted by Gasteiger charge is -2.23. The molecule has 1 amide bonds. The molecular formula is C22H20N4O6S. The van der Waals surface area contributed by atoms with Crippen molar-refractivity contribution >= 4 is 33.0 Å². The van der Waals surface area contributed by atoms with E-state index in [1.165, 1.54) is 30.3 Å². The van der Waals surface area contributed by atoms with Gasteiger partial charge >= 0.3 is 0 Å². The third-order valence-corrected chi connectivity index (χ3v) is 6.40. The van der Waals surface area contributed by atoms with Crippen LogP contribution in [-0.4, -0.2) is 36.6 Å². The fourth-order valence-corrected chi connectivity index (χ4v) is 4.37. The van der Waals surface area contributed by atoms with E-state index in [1.54, 1.807) is 43.3 Å². The molecule has 170 valence electrons. The molecule has 0 heterocycles. The molecule has 10 nitrogen and oxygen atoms in total. The number of hydrazone groups is 1. The van der Waals surface area contributed by atoms with Crippen molar-refractivity contribution in [2.45, 2.75) is 11.8 Å². The van der Waals surface area contributed by atoms with Crippen LogP contribution in [-0.2, 0) is 14.8 Å². The van der Waals surface area contributed by atoms with Crippen LogP contribution in [0, 0.1) is 10.1 Å². The third kappa shape index (κ3) is 5.52. The highest BCUT2D eigenvalue weighted by Gasteiger charge is 2.27. The zero-order valence-electron chi connectivity index (χ0n) is 17.5. The summed E-state index contributed by atoms with van der Waals surface area (Å²) in [5.41, 5.74) is 2.85. The number of anilines is 1. The molecule has 0 aliphatic heterocycles. The highest BCUT2D eigenvalue weighted by atomic mass is 32.2. The van der Waals surface area contributed by atoms with E-state index in [9.17, 15) is 28.4 Å². The maximum Gasteiger partial charge on any atom is 0.269 e. The van der Waals surface area contributed by atoms with Gasteiger partial charge < -0.3 is 5.11 Å². The minimum Gasteiger partial charge on any atom is -0.507 e.